The number of pyridine rings is 1. The fourth-order valence-corrected chi connectivity index (χ4v) is 2.63. The lowest BCUT2D eigenvalue weighted by Crippen LogP contribution is -2.31. The van der Waals surface area contributed by atoms with E-state index in [4.69, 9.17) is 34.8 Å². The van der Waals surface area contributed by atoms with E-state index in [0.29, 0.717) is 21.2 Å². The van der Waals surface area contributed by atoms with Crippen molar-refractivity contribution < 1.29 is 0 Å². The number of hydrogen-bond acceptors (Lipinski definition) is 3. The van der Waals surface area contributed by atoms with Crippen LogP contribution in [0.15, 0.2) is 6.07 Å². The second-order valence-corrected chi connectivity index (χ2v) is 5.59. The van der Waals surface area contributed by atoms with Crippen LogP contribution in [0.4, 0.5) is 5.82 Å². The summed E-state index contributed by atoms with van der Waals surface area (Å²) in [5.41, 5.74) is 0. The summed E-state index contributed by atoms with van der Waals surface area (Å²) >= 11 is 17.9. The Balaban J connectivity index is 2.22. The fourth-order valence-electron chi connectivity index (χ4n) is 2.01. The van der Waals surface area contributed by atoms with Gasteiger partial charge >= 0.3 is 0 Å². The molecule has 94 valence electrons. The molecule has 0 N–H and O–H groups in total. The maximum atomic E-state index is 6.15. The molecule has 0 spiro atoms. The van der Waals surface area contributed by atoms with E-state index in [1.807, 2.05) is 0 Å². The molecule has 1 aromatic heterocycles. The standard InChI is InChI=1S/C11H14Cl3N3/c1-16(2)7-3-4-17(6-7)11-9(13)5-8(12)10(14)15-11/h5,7H,3-4,6H2,1-2H3. The number of hydrogen-bond donors (Lipinski definition) is 0. The molecule has 1 aliphatic rings. The summed E-state index contributed by atoms with van der Waals surface area (Å²) in [6.07, 6.45) is 1.10. The lowest BCUT2D eigenvalue weighted by molar-refractivity contribution is 0.315. The van der Waals surface area contributed by atoms with Gasteiger partial charge in [-0.2, -0.15) is 0 Å². The normalized spacial score (nSPS) is 20.4. The average molecular weight is 295 g/mol. The zero-order valence-electron chi connectivity index (χ0n) is 9.75. The molecule has 1 aromatic rings. The van der Waals surface area contributed by atoms with E-state index in [9.17, 15) is 0 Å². The molecule has 1 saturated heterocycles. The van der Waals surface area contributed by atoms with Gasteiger partial charge in [-0.3, -0.25) is 0 Å². The Kier molecular flexibility index (Phi) is 4.03. The Labute approximate surface area is 116 Å². The molecule has 0 radical (unpaired) electrons. The van der Waals surface area contributed by atoms with E-state index in [-0.39, 0.29) is 0 Å². The molecular weight excluding hydrogens is 281 g/mol. The third kappa shape index (κ3) is 2.79. The molecule has 0 saturated carbocycles. The summed E-state index contributed by atoms with van der Waals surface area (Å²) in [7, 11) is 4.16. The van der Waals surface area contributed by atoms with Crippen LogP contribution < -0.4 is 4.90 Å². The van der Waals surface area contributed by atoms with Crippen LogP contribution in [0.2, 0.25) is 15.2 Å². The summed E-state index contributed by atoms with van der Waals surface area (Å²) < 4.78 is 0. The lowest BCUT2D eigenvalue weighted by atomic mass is 10.2. The van der Waals surface area contributed by atoms with Crippen LogP contribution in [-0.2, 0) is 0 Å². The first-order valence-electron chi connectivity index (χ1n) is 5.42. The molecule has 0 aliphatic carbocycles. The molecule has 6 heteroatoms. The van der Waals surface area contributed by atoms with Gasteiger partial charge in [0.05, 0.1) is 10.0 Å². The van der Waals surface area contributed by atoms with E-state index in [0.717, 1.165) is 25.3 Å². The highest BCUT2D eigenvalue weighted by Crippen LogP contribution is 2.33. The second-order valence-electron chi connectivity index (χ2n) is 4.42. The molecule has 2 rings (SSSR count). The Bertz CT molecular complexity index is 423. The van der Waals surface area contributed by atoms with E-state index in [2.05, 4.69) is 28.9 Å². The zero-order chi connectivity index (χ0) is 12.6. The van der Waals surface area contributed by atoms with E-state index < -0.39 is 0 Å². The number of nitrogens with zero attached hydrogens (tertiary/aromatic N) is 3. The van der Waals surface area contributed by atoms with Gasteiger partial charge in [0.15, 0.2) is 0 Å². The van der Waals surface area contributed by atoms with Crippen molar-refractivity contribution in [3.05, 3.63) is 21.3 Å². The van der Waals surface area contributed by atoms with Crippen LogP contribution in [0, 0.1) is 0 Å². The zero-order valence-corrected chi connectivity index (χ0v) is 12.0. The SMILES string of the molecule is CN(C)C1CCN(c2nc(Cl)c(Cl)cc2Cl)C1. The third-order valence-electron chi connectivity index (χ3n) is 3.06. The smallest absolute Gasteiger partial charge is 0.150 e. The maximum absolute atomic E-state index is 6.15. The van der Waals surface area contributed by atoms with Gasteiger partial charge in [-0.25, -0.2) is 4.98 Å². The number of rotatable bonds is 2. The predicted molar refractivity (Wildman–Crippen MR) is 73.6 cm³/mol. The summed E-state index contributed by atoms with van der Waals surface area (Å²) in [5, 5.41) is 1.25. The average Bonchev–Trinajstić information content (AvgIpc) is 2.72. The molecule has 0 amide bonds. The largest absolute Gasteiger partial charge is 0.354 e. The molecule has 3 nitrogen and oxygen atoms in total. The van der Waals surface area contributed by atoms with Gasteiger partial charge in [-0.05, 0) is 26.6 Å². The molecule has 1 unspecified atom stereocenters. The fraction of sp³-hybridized carbons (Fsp3) is 0.545. The van der Waals surface area contributed by atoms with Crippen LogP contribution in [-0.4, -0.2) is 43.1 Å². The summed E-state index contributed by atoms with van der Waals surface area (Å²) in [6.45, 7) is 1.85. The Hall–Kier alpha value is -0.220. The second kappa shape index (κ2) is 5.19. The van der Waals surface area contributed by atoms with Gasteiger partial charge in [0.2, 0.25) is 0 Å². The van der Waals surface area contributed by atoms with Crippen LogP contribution >= 0.6 is 34.8 Å². The monoisotopic (exact) mass is 293 g/mol. The molecule has 17 heavy (non-hydrogen) atoms. The molecule has 1 fully saturated rings. The van der Waals surface area contributed by atoms with Crippen LogP contribution in [0.25, 0.3) is 0 Å². The van der Waals surface area contributed by atoms with Crippen LogP contribution in [0.5, 0.6) is 0 Å². The van der Waals surface area contributed by atoms with Gasteiger partial charge in [-0.1, -0.05) is 34.8 Å². The summed E-state index contributed by atoms with van der Waals surface area (Å²) in [4.78, 5) is 8.62. The Morgan fingerprint density at radius 3 is 2.59 bits per heavy atom. The number of likely N-dealkylation sites (N-methyl/N-ethyl adjacent to an activating group) is 1. The van der Waals surface area contributed by atoms with Crippen molar-refractivity contribution in [2.45, 2.75) is 12.5 Å². The highest BCUT2D eigenvalue weighted by molar-refractivity contribution is 6.42. The van der Waals surface area contributed by atoms with Crippen LogP contribution in [0.3, 0.4) is 0 Å². The molecule has 1 aliphatic heterocycles. The molecule has 0 aromatic carbocycles. The Morgan fingerprint density at radius 2 is 2.00 bits per heavy atom. The first-order valence-corrected chi connectivity index (χ1v) is 6.55. The Morgan fingerprint density at radius 1 is 1.29 bits per heavy atom. The van der Waals surface area contributed by atoms with Crippen LogP contribution in [0.1, 0.15) is 6.42 Å². The van der Waals surface area contributed by atoms with Gasteiger partial charge in [0.1, 0.15) is 11.0 Å². The minimum atomic E-state index is 0.305. The maximum Gasteiger partial charge on any atom is 0.150 e. The van der Waals surface area contributed by atoms with Gasteiger partial charge < -0.3 is 9.80 Å². The highest BCUT2D eigenvalue weighted by Gasteiger charge is 2.26. The van der Waals surface area contributed by atoms with E-state index in [1.165, 1.54) is 0 Å². The van der Waals surface area contributed by atoms with Crippen molar-refractivity contribution >= 4 is 40.6 Å². The van der Waals surface area contributed by atoms with Crippen molar-refractivity contribution in [2.75, 3.05) is 32.1 Å². The summed E-state index contributed by atoms with van der Waals surface area (Å²) in [6, 6.07) is 2.18. The number of halogens is 3. The molecule has 0 bridgehead atoms. The molecular formula is C11H14Cl3N3. The first-order chi connectivity index (χ1) is 7.99. The minimum Gasteiger partial charge on any atom is -0.354 e. The van der Waals surface area contributed by atoms with Crippen molar-refractivity contribution in [1.82, 2.24) is 9.88 Å². The first kappa shape index (κ1) is 13.2. The van der Waals surface area contributed by atoms with Gasteiger partial charge in [0, 0.05) is 19.1 Å². The predicted octanol–water partition coefficient (Wildman–Crippen LogP) is 3.18. The van der Waals surface area contributed by atoms with Crippen molar-refractivity contribution in [1.29, 1.82) is 0 Å². The molecule has 2 heterocycles. The van der Waals surface area contributed by atoms with Gasteiger partial charge in [0.25, 0.3) is 0 Å². The number of anilines is 1. The highest BCUT2D eigenvalue weighted by atomic mass is 35.5. The van der Waals surface area contributed by atoms with Gasteiger partial charge in [-0.15, -0.1) is 0 Å². The van der Waals surface area contributed by atoms with E-state index >= 15 is 0 Å². The quantitative estimate of drug-likeness (QED) is 0.781. The summed E-state index contributed by atoms with van der Waals surface area (Å²) in [5.74, 6) is 0.727. The third-order valence-corrected chi connectivity index (χ3v) is 4.01. The number of aromatic nitrogens is 1. The van der Waals surface area contributed by atoms with E-state index in [1.54, 1.807) is 6.07 Å². The van der Waals surface area contributed by atoms with Crippen molar-refractivity contribution in [2.24, 2.45) is 0 Å². The minimum absolute atomic E-state index is 0.305. The van der Waals surface area contributed by atoms with Crippen molar-refractivity contribution in [3.63, 3.8) is 0 Å². The van der Waals surface area contributed by atoms with Crippen molar-refractivity contribution in [3.8, 4) is 0 Å². The molecule has 1 atom stereocenters. The lowest BCUT2D eigenvalue weighted by Gasteiger charge is -2.22. The topological polar surface area (TPSA) is 19.4 Å².